The Hall–Kier alpha value is -6.32. The molecule has 0 saturated carbocycles. The zero-order valence-electron chi connectivity index (χ0n) is 28.2. The lowest BCUT2D eigenvalue weighted by Gasteiger charge is -2.33. The first-order valence-electron chi connectivity index (χ1n) is 17.9. The van der Waals surface area contributed by atoms with Crippen LogP contribution in [0.4, 0.5) is 11.4 Å². The minimum absolute atomic E-state index is 0.166. The fraction of sp³-hybridized carbons (Fsp3) is 0.0833. The largest absolute Gasteiger partial charge is 0.456 e. The molecule has 8 aromatic rings. The molecule has 0 spiro atoms. The molecule has 2 heterocycles. The molecule has 2 aliphatic carbocycles. The van der Waals surface area contributed by atoms with Crippen molar-refractivity contribution >= 4 is 66.3 Å². The molecule has 2 unspecified atom stereocenters. The van der Waals surface area contributed by atoms with Gasteiger partial charge >= 0.3 is 0 Å². The molecule has 3 heteroatoms. The predicted molar refractivity (Wildman–Crippen MR) is 214 cm³/mol. The molecule has 0 amide bonds. The van der Waals surface area contributed by atoms with Crippen LogP contribution in [-0.4, -0.2) is 10.6 Å². The predicted octanol–water partition coefficient (Wildman–Crippen LogP) is 12.8. The van der Waals surface area contributed by atoms with Crippen LogP contribution in [0.2, 0.25) is 0 Å². The van der Waals surface area contributed by atoms with Gasteiger partial charge in [-0.3, -0.25) is 0 Å². The van der Waals surface area contributed by atoms with Crippen molar-refractivity contribution in [3.63, 3.8) is 0 Å². The van der Waals surface area contributed by atoms with Crippen LogP contribution in [0, 0.1) is 0 Å². The number of nitrogens with zero attached hydrogens (tertiary/aromatic N) is 2. The number of fused-ring (bicyclic) bond motifs is 6. The first kappa shape index (κ1) is 29.6. The second kappa shape index (κ2) is 12.2. The summed E-state index contributed by atoms with van der Waals surface area (Å²) in [5.41, 5.74) is 11.8. The number of anilines is 2. The number of furan rings is 1. The molecule has 3 nitrogen and oxygen atoms in total. The topological polar surface area (TPSA) is 21.3 Å². The second-order valence-electron chi connectivity index (χ2n) is 13.6. The summed E-state index contributed by atoms with van der Waals surface area (Å²) in [5.74, 6) is 0. The fourth-order valence-corrected chi connectivity index (χ4v) is 8.18. The Balaban J connectivity index is 0.975. The molecular formula is C48H36N2O. The Morgan fingerprint density at radius 1 is 0.490 bits per heavy atom. The van der Waals surface area contributed by atoms with Crippen LogP contribution in [0.3, 0.4) is 0 Å². The van der Waals surface area contributed by atoms with E-state index in [2.05, 4.69) is 179 Å². The lowest BCUT2D eigenvalue weighted by molar-refractivity contribution is 0.649. The molecule has 0 bridgehead atoms. The van der Waals surface area contributed by atoms with Crippen LogP contribution in [0.1, 0.15) is 30.0 Å². The van der Waals surface area contributed by atoms with E-state index in [1.54, 1.807) is 0 Å². The Morgan fingerprint density at radius 2 is 1.08 bits per heavy atom. The van der Waals surface area contributed by atoms with Gasteiger partial charge in [0.1, 0.15) is 11.2 Å². The standard InChI is InChI=1S/C48H36N2O/c1-2-10-33(11-3-1)34-18-24-37(25-19-34)49(40-30-31-48-44(32-40)43-14-6-9-17-47(43)51-48)38-26-20-35(21-27-38)36-22-28-39(29-23-36)50-45-15-7-4-12-41(45)42-13-5-8-16-46(42)50/h1-24,26-28,30-32,37,39H,25,29H2. The van der Waals surface area contributed by atoms with Gasteiger partial charge in [-0.25, -0.2) is 0 Å². The van der Waals surface area contributed by atoms with Crippen LogP contribution < -0.4 is 4.90 Å². The van der Waals surface area contributed by atoms with E-state index in [0.29, 0.717) is 0 Å². The van der Waals surface area contributed by atoms with Gasteiger partial charge < -0.3 is 13.9 Å². The molecule has 0 fully saturated rings. The summed E-state index contributed by atoms with van der Waals surface area (Å²) in [4.78, 5) is 2.48. The molecule has 244 valence electrons. The van der Waals surface area contributed by atoms with Crippen molar-refractivity contribution in [2.45, 2.75) is 24.9 Å². The number of para-hydroxylation sites is 3. The molecule has 2 aromatic heterocycles. The number of aromatic nitrogens is 1. The van der Waals surface area contributed by atoms with Gasteiger partial charge in [0.15, 0.2) is 0 Å². The molecule has 2 aliphatic rings. The highest BCUT2D eigenvalue weighted by Gasteiger charge is 2.23. The number of rotatable bonds is 6. The van der Waals surface area contributed by atoms with Crippen molar-refractivity contribution in [3.05, 3.63) is 193 Å². The molecule has 51 heavy (non-hydrogen) atoms. The Kier molecular flexibility index (Phi) is 7.09. The summed E-state index contributed by atoms with van der Waals surface area (Å²) in [6.45, 7) is 0. The molecule has 10 rings (SSSR count). The number of allylic oxidation sites excluding steroid dienone is 6. The molecule has 0 N–H and O–H groups in total. The van der Waals surface area contributed by atoms with Gasteiger partial charge in [0, 0.05) is 44.0 Å². The third-order valence-corrected chi connectivity index (χ3v) is 10.7. The molecule has 0 saturated heterocycles. The van der Waals surface area contributed by atoms with Gasteiger partial charge in [0.25, 0.3) is 0 Å². The molecule has 0 radical (unpaired) electrons. The van der Waals surface area contributed by atoms with E-state index in [1.165, 1.54) is 49.8 Å². The van der Waals surface area contributed by atoms with Crippen LogP contribution in [0.15, 0.2) is 186 Å². The molecule has 2 atom stereocenters. The zero-order valence-corrected chi connectivity index (χ0v) is 28.2. The second-order valence-corrected chi connectivity index (χ2v) is 13.6. The maximum absolute atomic E-state index is 6.20. The highest BCUT2D eigenvalue weighted by molar-refractivity contribution is 6.08. The quantitative estimate of drug-likeness (QED) is 0.178. The maximum Gasteiger partial charge on any atom is 0.135 e. The highest BCUT2D eigenvalue weighted by Crippen LogP contribution is 2.39. The van der Waals surface area contributed by atoms with Gasteiger partial charge in [0.2, 0.25) is 0 Å². The number of hydrogen-bond acceptors (Lipinski definition) is 2. The van der Waals surface area contributed by atoms with Gasteiger partial charge in [-0.05, 0) is 83.6 Å². The van der Waals surface area contributed by atoms with Crippen molar-refractivity contribution in [1.82, 2.24) is 4.57 Å². The summed E-state index contributed by atoms with van der Waals surface area (Å²) < 4.78 is 8.71. The average molecular weight is 657 g/mol. The van der Waals surface area contributed by atoms with Crippen LogP contribution in [-0.2, 0) is 0 Å². The summed E-state index contributed by atoms with van der Waals surface area (Å²) >= 11 is 0. The van der Waals surface area contributed by atoms with Crippen molar-refractivity contribution in [2.75, 3.05) is 4.90 Å². The summed E-state index contributed by atoms with van der Waals surface area (Å²) in [7, 11) is 0. The average Bonchev–Trinajstić information content (AvgIpc) is 3.75. The Bertz CT molecular complexity index is 2650. The van der Waals surface area contributed by atoms with Crippen molar-refractivity contribution < 1.29 is 4.42 Å². The van der Waals surface area contributed by atoms with Crippen LogP contribution in [0.5, 0.6) is 0 Å². The summed E-state index contributed by atoms with van der Waals surface area (Å²) in [5, 5.41) is 4.91. The van der Waals surface area contributed by atoms with Crippen molar-refractivity contribution in [3.8, 4) is 0 Å². The van der Waals surface area contributed by atoms with Crippen molar-refractivity contribution in [2.24, 2.45) is 0 Å². The van der Waals surface area contributed by atoms with E-state index in [-0.39, 0.29) is 12.1 Å². The van der Waals surface area contributed by atoms with E-state index < -0.39 is 0 Å². The Labute approximate surface area is 297 Å². The van der Waals surface area contributed by atoms with E-state index in [4.69, 9.17) is 4.42 Å². The lowest BCUT2D eigenvalue weighted by atomic mass is 9.94. The zero-order chi connectivity index (χ0) is 33.7. The monoisotopic (exact) mass is 656 g/mol. The third-order valence-electron chi connectivity index (χ3n) is 10.7. The lowest BCUT2D eigenvalue weighted by Crippen LogP contribution is -2.30. The smallest absolute Gasteiger partial charge is 0.135 e. The van der Waals surface area contributed by atoms with Gasteiger partial charge in [-0.1, -0.05) is 134 Å². The van der Waals surface area contributed by atoms with E-state index in [1.807, 2.05) is 12.1 Å². The fourth-order valence-electron chi connectivity index (χ4n) is 8.18. The third kappa shape index (κ3) is 5.13. The number of hydrogen-bond donors (Lipinski definition) is 0. The number of benzene rings is 6. The van der Waals surface area contributed by atoms with E-state index >= 15 is 0 Å². The summed E-state index contributed by atoms with van der Waals surface area (Å²) in [6, 6.07) is 52.7. The molecule has 6 aromatic carbocycles. The maximum atomic E-state index is 6.20. The SMILES string of the molecule is C1=CC(N(c2ccc(C3=CCC(n4c5ccccc5c5ccccc54)C=C3)cc2)c2ccc3oc4ccccc4c3c2)CC=C1c1ccccc1. The summed E-state index contributed by atoms with van der Waals surface area (Å²) in [6.07, 6.45) is 16.0. The minimum Gasteiger partial charge on any atom is -0.456 e. The highest BCUT2D eigenvalue weighted by atomic mass is 16.3. The van der Waals surface area contributed by atoms with Crippen LogP contribution >= 0.6 is 0 Å². The molecular weight excluding hydrogens is 621 g/mol. The van der Waals surface area contributed by atoms with E-state index in [9.17, 15) is 0 Å². The van der Waals surface area contributed by atoms with Gasteiger partial charge in [-0.2, -0.15) is 0 Å². The first-order valence-corrected chi connectivity index (χ1v) is 17.9. The minimum atomic E-state index is 0.166. The Morgan fingerprint density at radius 3 is 1.76 bits per heavy atom. The van der Waals surface area contributed by atoms with Crippen molar-refractivity contribution in [1.29, 1.82) is 0 Å². The van der Waals surface area contributed by atoms with E-state index in [0.717, 1.165) is 40.5 Å². The molecule has 0 aliphatic heterocycles. The first-order chi connectivity index (χ1) is 25.3. The van der Waals surface area contributed by atoms with Gasteiger partial charge in [-0.15, -0.1) is 0 Å². The van der Waals surface area contributed by atoms with Crippen LogP contribution in [0.25, 0.3) is 54.9 Å². The van der Waals surface area contributed by atoms with Gasteiger partial charge in [0.05, 0.1) is 12.1 Å². The normalized spacial score (nSPS) is 17.3.